The summed E-state index contributed by atoms with van der Waals surface area (Å²) in [5, 5.41) is 10.3. The van der Waals surface area contributed by atoms with E-state index in [1.54, 1.807) is 7.11 Å². The van der Waals surface area contributed by atoms with Crippen LogP contribution in [0.2, 0.25) is 0 Å². The number of rotatable bonds is 11. The van der Waals surface area contributed by atoms with Crippen LogP contribution < -0.4 is 9.47 Å². The van der Waals surface area contributed by atoms with Gasteiger partial charge in [-0.2, -0.15) is 0 Å². The van der Waals surface area contributed by atoms with E-state index < -0.39 is 6.10 Å². The van der Waals surface area contributed by atoms with Crippen LogP contribution in [0, 0.1) is 5.92 Å². The Morgan fingerprint density at radius 3 is 2.75 bits per heavy atom. The monoisotopic (exact) mass is 333 g/mol. The van der Waals surface area contributed by atoms with Crippen molar-refractivity contribution in [3.63, 3.8) is 0 Å². The minimum absolute atomic E-state index is 0.282. The third kappa shape index (κ3) is 6.17. The summed E-state index contributed by atoms with van der Waals surface area (Å²) in [6.45, 7) is 7.26. The van der Waals surface area contributed by atoms with Crippen molar-refractivity contribution in [2.45, 2.75) is 39.2 Å². The Morgan fingerprint density at radius 2 is 2.12 bits per heavy atom. The predicted octanol–water partition coefficient (Wildman–Crippen LogP) is 3.59. The van der Waals surface area contributed by atoms with Crippen molar-refractivity contribution in [1.82, 2.24) is 4.90 Å². The lowest BCUT2D eigenvalue weighted by Gasteiger charge is -2.24. The highest BCUT2D eigenvalue weighted by Gasteiger charge is 2.25. The van der Waals surface area contributed by atoms with E-state index in [-0.39, 0.29) is 6.61 Å². The van der Waals surface area contributed by atoms with Crippen molar-refractivity contribution in [3.05, 3.63) is 29.8 Å². The Labute approximate surface area is 146 Å². The normalized spacial score (nSPS) is 15.9. The number of ether oxygens (including phenoxy) is 2. The van der Waals surface area contributed by atoms with Crippen LogP contribution in [0.25, 0.3) is 6.08 Å². The fraction of sp³-hybridized carbons (Fsp3) is 0.600. The molecule has 1 fully saturated rings. The van der Waals surface area contributed by atoms with Gasteiger partial charge < -0.3 is 19.5 Å². The van der Waals surface area contributed by atoms with Crippen molar-refractivity contribution in [2.24, 2.45) is 5.92 Å². The van der Waals surface area contributed by atoms with Gasteiger partial charge in [0.15, 0.2) is 11.5 Å². The summed E-state index contributed by atoms with van der Waals surface area (Å²) in [7, 11) is 1.64. The zero-order valence-electron chi connectivity index (χ0n) is 15.2. The maximum Gasteiger partial charge on any atom is 0.161 e. The fourth-order valence-corrected chi connectivity index (χ4v) is 2.88. The van der Waals surface area contributed by atoms with E-state index in [1.807, 2.05) is 37.3 Å². The average molecular weight is 333 g/mol. The highest BCUT2D eigenvalue weighted by molar-refractivity contribution is 5.55. The van der Waals surface area contributed by atoms with Gasteiger partial charge in [0.1, 0.15) is 12.7 Å². The molecule has 1 saturated carbocycles. The van der Waals surface area contributed by atoms with Gasteiger partial charge in [-0.3, -0.25) is 0 Å². The number of nitrogens with zero attached hydrogens (tertiary/aromatic N) is 1. The van der Waals surface area contributed by atoms with Gasteiger partial charge in [0.25, 0.3) is 0 Å². The lowest BCUT2D eigenvalue weighted by atomic mass is 10.2. The molecule has 0 saturated heterocycles. The van der Waals surface area contributed by atoms with Crippen LogP contribution in [0.5, 0.6) is 11.5 Å². The molecule has 0 aliphatic heterocycles. The second kappa shape index (κ2) is 9.70. The van der Waals surface area contributed by atoms with E-state index in [2.05, 4.69) is 11.8 Å². The molecule has 1 unspecified atom stereocenters. The minimum Gasteiger partial charge on any atom is -0.493 e. The van der Waals surface area contributed by atoms with Gasteiger partial charge in [0.05, 0.1) is 7.11 Å². The first-order valence-electron chi connectivity index (χ1n) is 9.00. The molecule has 1 aliphatic carbocycles. The number of aliphatic hydroxyl groups excluding tert-OH is 1. The van der Waals surface area contributed by atoms with Gasteiger partial charge in [0, 0.05) is 13.1 Å². The van der Waals surface area contributed by atoms with Crippen LogP contribution in [0.15, 0.2) is 24.3 Å². The number of allylic oxidation sites excluding steroid dienone is 1. The van der Waals surface area contributed by atoms with Crippen LogP contribution in [0.3, 0.4) is 0 Å². The molecular weight excluding hydrogens is 302 g/mol. The molecule has 0 amide bonds. The zero-order valence-corrected chi connectivity index (χ0v) is 15.2. The van der Waals surface area contributed by atoms with Crippen LogP contribution >= 0.6 is 0 Å². The molecule has 1 aromatic rings. The summed E-state index contributed by atoms with van der Waals surface area (Å²) >= 11 is 0. The summed E-state index contributed by atoms with van der Waals surface area (Å²) in [5.41, 5.74) is 1.07. The molecule has 2 rings (SSSR count). The topological polar surface area (TPSA) is 41.9 Å². The average Bonchev–Trinajstić information content (AvgIpc) is 3.38. The molecule has 4 heteroatoms. The smallest absolute Gasteiger partial charge is 0.161 e. The number of aliphatic hydroxyl groups is 1. The van der Waals surface area contributed by atoms with Crippen molar-refractivity contribution in [2.75, 3.05) is 33.4 Å². The van der Waals surface area contributed by atoms with E-state index in [9.17, 15) is 5.11 Å². The first-order chi connectivity index (χ1) is 11.7. The standard InChI is InChI=1S/C20H31NO3/c1-4-6-16-9-10-19(20(12-16)23-3)24-15-18(22)14-21(11-5-2)13-17-7-8-17/h4,6,9-10,12,17-18,22H,5,7-8,11,13-15H2,1-3H3/b6-4+. The molecule has 4 nitrogen and oxygen atoms in total. The van der Waals surface area contributed by atoms with Gasteiger partial charge in [0.2, 0.25) is 0 Å². The van der Waals surface area contributed by atoms with Gasteiger partial charge >= 0.3 is 0 Å². The number of hydrogen-bond donors (Lipinski definition) is 1. The Hall–Kier alpha value is -1.52. The first-order valence-corrected chi connectivity index (χ1v) is 9.00. The molecule has 24 heavy (non-hydrogen) atoms. The maximum absolute atomic E-state index is 10.3. The second-order valence-electron chi connectivity index (χ2n) is 6.58. The molecule has 1 aliphatic rings. The summed E-state index contributed by atoms with van der Waals surface area (Å²) in [4.78, 5) is 2.36. The first kappa shape index (κ1) is 18.8. The molecule has 0 aromatic heterocycles. The molecular formula is C20H31NO3. The van der Waals surface area contributed by atoms with Crippen molar-refractivity contribution in [1.29, 1.82) is 0 Å². The van der Waals surface area contributed by atoms with Gasteiger partial charge in [-0.15, -0.1) is 0 Å². The Morgan fingerprint density at radius 1 is 1.33 bits per heavy atom. The molecule has 1 atom stereocenters. The Bertz CT molecular complexity index is 526. The zero-order chi connectivity index (χ0) is 17.4. The number of hydrogen-bond acceptors (Lipinski definition) is 4. The molecule has 134 valence electrons. The van der Waals surface area contributed by atoms with Crippen molar-refractivity contribution < 1.29 is 14.6 Å². The second-order valence-corrected chi connectivity index (χ2v) is 6.58. The fourth-order valence-electron chi connectivity index (χ4n) is 2.88. The van der Waals surface area contributed by atoms with E-state index in [1.165, 1.54) is 12.8 Å². The minimum atomic E-state index is -0.491. The van der Waals surface area contributed by atoms with Crippen molar-refractivity contribution in [3.8, 4) is 11.5 Å². The highest BCUT2D eigenvalue weighted by Crippen LogP contribution is 2.30. The third-order valence-electron chi connectivity index (χ3n) is 4.20. The quantitative estimate of drug-likeness (QED) is 0.672. The van der Waals surface area contributed by atoms with E-state index in [4.69, 9.17) is 9.47 Å². The summed E-state index contributed by atoms with van der Waals surface area (Å²) in [6, 6.07) is 5.83. The molecule has 1 N–H and O–H groups in total. The van der Waals surface area contributed by atoms with Crippen LogP contribution in [-0.4, -0.2) is 49.5 Å². The predicted molar refractivity (Wildman–Crippen MR) is 98.7 cm³/mol. The van der Waals surface area contributed by atoms with E-state index >= 15 is 0 Å². The lowest BCUT2D eigenvalue weighted by molar-refractivity contribution is 0.0656. The molecule has 0 radical (unpaired) electrons. The van der Waals surface area contributed by atoms with Crippen LogP contribution in [-0.2, 0) is 0 Å². The SMILES string of the molecule is C/C=C/c1ccc(OCC(O)CN(CCC)CC2CC2)c(OC)c1. The van der Waals surface area contributed by atoms with E-state index in [0.717, 1.165) is 31.0 Å². The highest BCUT2D eigenvalue weighted by atomic mass is 16.5. The molecule has 0 bridgehead atoms. The van der Waals surface area contributed by atoms with E-state index in [0.29, 0.717) is 18.0 Å². The molecule has 1 aromatic carbocycles. The summed E-state index contributed by atoms with van der Waals surface area (Å²) < 4.78 is 11.2. The van der Waals surface area contributed by atoms with Gasteiger partial charge in [-0.1, -0.05) is 25.1 Å². The Balaban J connectivity index is 1.86. The van der Waals surface area contributed by atoms with Crippen LogP contribution in [0.4, 0.5) is 0 Å². The maximum atomic E-state index is 10.3. The molecule has 0 spiro atoms. The number of methoxy groups -OCH3 is 1. The summed E-state index contributed by atoms with van der Waals surface area (Å²) in [6.07, 6.45) is 7.30. The van der Waals surface area contributed by atoms with Crippen molar-refractivity contribution >= 4 is 6.08 Å². The molecule has 0 heterocycles. The summed E-state index contributed by atoms with van der Waals surface area (Å²) in [5.74, 6) is 2.21. The van der Waals surface area contributed by atoms with Gasteiger partial charge in [-0.25, -0.2) is 0 Å². The van der Waals surface area contributed by atoms with Gasteiger partial charge in [-0.05, 0) is 56.3 Å². The Kier molecular flexibility index (Phi) is 7.60. The number of benzene rings is 1. The lowest BCUT2D eigenvalue weighted by Crippen LogP contribution is -2.37. The largest absolute Gasteiger partial charge is 0.493 e. The van der Waals surface area contributed by atoms with Crippen LogP contribution in [0.1, 0.15) is 38.7 Å². The third-order valence-corrected chi connectivity index (χ3v) is 4.20.